The summed E-state index contributed by atoms with van der Waals surface area (Å²) in [4.78, 5) is 36.3. The van der Waals surface area contributed by atoms with Gasteiger partial charge in [0.2, 0.25) is 0 Å². The van der Waals surface area contributed by atoms with Gasteiger partial charge in [-0.1, -0.05) is 54.6 Å². The van der Waals surface area contributed by atoms with Crippen molar-refractivity contribution < 1.29 is 29.0 Å². The first-order valence-electron chi connectivity index (χ1n) is 9.70. The number of amides is 1. The van der Waals surface area contributed by atoms with Gasteiger partial charge >= 0.3 is 18.0 Å². The van der Waals surface area contributed by atoms with Gasteiger partial charge in [0.25, 0.3) is 5.79 Å². The summed E-state index contributed by atoms with van der Waals surface area (Å²) in [5.74, 6) is -2.78. The molecule has 2 aromatic rings. The van der Waals surface area contributed by atoms with Crippen molar-refractivity contribution in [3.63, 3.8) is 0 Å². The molecule has 1 atom stereocenters. The third-order valence-corrected chi connectivity index (χ3v) is 5.10. The standard InChI is InChI=1S/C23H25NO6/c1-22(2)29-19(25)23(3,20(26)30-22)14-18(24-21(27)28)13-15-9-11-17(12-10-15)16-7-5-4-6-8-16/h4-12,18,24H,13-14H2,1-3H3,(H,27,28)/t18-/m1/s1. The Morgan fingerprint density at radius 3 is 2.00 bits per heavy atom. The van der Waals surface area contributed by atoms with Crippen LogP contribution in [-0.2, 0) is 25.5 Å². The van der Waals surface area contributed by atoms with Crippen molar-refractivity contribution in [1.29, 1.82) is 0 Å². The predicted octanol–water partition coefficient (Wildman–Crippen LogP) is 3.76. The van der Waals surface area contributed by atoms with Gasteiger partial charge in [-0.15, -0.1) is 0 Å². The Hall–Kier alpha value is -3.35. The lowest BCUT2D eigenvalue weighted by molar-refractivity contribution is -0.250. The highest BCUT2D eigenvalue weighted by molar-refractivity contribution is 6.01. The highest BCUT2D eigenvalue weighted by Crippen LogP contribution is 2.36. The van der Waals surface area contributed by atoms with E-state index in [1.54, 1.807) is 0 Å². The molecular formula is C23H25NO6. The number of carbonyl (C=O) groups is 3. The minimum atomic E-state index is -1.59. The fraction of sp³-hybridized carbons (Fsp3) is 0.348. The number of hydrogen-bond acceptors (Lipinski definition) is 5. The van der Waals surface area contributed by atoms with Gasteiger partial charge in [-0.3, -0.25) is 9.59 Å². The fourth-order valence-electron chi connectivity index (χ4n) is 3.53. The zero-order valence-electron chi connectivity index (χ0n) is 17.2. The largest absolute Gasteiger partial charge is 0.465 e. The van der Waals surface area contributed by atoms with Crippen molar-refractivity contribution in [2.24, 2.45) is 5.41 Å². The van der Waals surface area contributed by atoms with E-state index >= 15 is 0 Å². The number of nitrogens with one attached hydrogen (secondary N) is 1. The van der Waals surface area contributed by atoms with Gasteiger partial charge in [0.1, 0.15) is 0 Å². The van der Waals surface area contributed by atoms with Crippen LogP contribution in [0, 0.1) is 5.41 Å². The number of carbonyl (C=O) groups excluding carboxylic acids is 2. The average Bonchev–Trinajstić information content (AvgIpc) is 2.66. The molecule has 0 bridgehead atoms. The molecule has 158 valence electrons. The van der Waals surface area contributed by atoms with Crippen molar-refractivity contribution in [2.45, 2.75) is 45.4 Å². The third kappa shape index (κ3) is 4.79. The molecule has 1 aliphatic heterocycles. The zero-order chi connectivity index (χ0) is 21.9. The summed E-state index contributed by atoms with van der Waals surface area (Å²) in [6.45, 7) is 4.37. The number of cyclic esters (lactones) is 2. The van der Waals surface area contributed by atoms with Gasteiger partial charge in [-0.2, -0.15) is 0 Å². The molecule has 0 radical (unpaired) electrons. The number of carboxylic acid groups (broad SMARTS) is 1. The Morgan fingerprint density at radius 2 is 1.47 bits per heavy atom. The maximum atomic E-state index is 12.5. The van der Waals surface area contributed by atoms with Crippen LogP contribution in [-0.4, -0.2) is 35.0 Å². The lowest BCUT2D eigenvalue weighted by atomic mass is 9.81. The van der Waals surface area contributed by atoms with Gasteiger partial charge in [-0.25, -0.2) is 4.79 Å². The lowest BCUT2D eigenvalue weighted by Gasteiger charge is -2.39. The van der Waals surface area contributed by atoms with Crippen LogP contribution in [0.3, 0.4) is 0 Å². The summed E-state index contributed by atoms with van der Waals surface area (Å²) >= 11 is 0. The third-order valence-electron chi connectivity index (χ3n) is 5.10. The van der Waals surface area contributed by atoms with Gasteiger partial charge < -0.3 is 19.9 Å². The van der Waals surface area contributed by atoms with Crippen molar-refractivity contribution in [2.75, 3.05) is 0 Å². The highest BCUT2D eigenvalue weighted by Gasteiger charge is 2.53. The fourth-order valence-corrected chi connectivity index (χ4v) is 3.53. The molecule has 2 N–H and O–H groups in total. The number of ether oxygens (including phenoxy) is 2. The second-order valence-corrected chi connectivity index (χ2v) is 8.13. The molecule has 7 heteroatoms. The Morgan fingerprint density at radius 1 is 0.933 bits per heavy atom. The molecule has 0 aromatic heterocycles. The number of hydrogen-bond donors (Lipinski definition) is 2. The molecule has 0 saturated carbocycles. The predicted molar refractivity (Wildman–Crippen MR) is 110 cm³/mol. The Labute approximate surface area is 175 Å². The van der Waals surface area contributed by atoms with Crippen LogP contribution in [0.15, 0.2) is 54.6 Å². The van der Waals surface area contributed by atoms with Crippen molar-refractivity contribution in [3.8, 4) is 11.1 Å². The summed E-state index contributed by atoms with van der Waals surface area (Å²) in [6, 6.07) is 16.9. The molecule has 3 rings (SSSR count). The first-order valence-corrected chi connectivity index (χ1v) is 9.70. The van der Waals surface area contributed by atoms with Crippen LogP contribution in [0.25, 0.3) is 11.1 Å². The van der Waals surface area contributed by atoms with Crippen LogP contribution in [0.4, 0.5) is 4.79 Å². The van der Waals surface area contributed by atoms with E-state index in [2.05, 4.69) is 5.32 Å². The molecule has 30 heavy (non-hydrogen) atoms. The quantitative estimate of drug-likeness (QED) is 0.554. The summed E-state index contributed by atoms with van der Waals surface area (Å²) in [5.41, 5.74) is 1.39. The second kappa shape index (κ2) is 8.18. The SMILES string of the molecule is CC1(C)OC(=O)C(C)(C[C@@H](Cc2ccc(-c3ccccc3)cc2)NC(=O)O)C(=O)O1. The van der Waals surface area contributed by atoms with Gasteiger partial charge in [0.05, 0.1) is 0 Å². The Bertz CT molecular complexity index is 916. The average molecular weight is 411 g/mol. The van der Waals surface area contributed by atoms with Gasteiger partial charge in [-0.05, 0) is 36.5 Å². The zero-order valence-corrected chi connectivity index (χ0v) is 17.2. The van der Waals surface area contributed by atoms with Crippen LogP contribution < -0.4 is 5.32 Å². The molecule has 0 unspecified atom stereocenters. The topological polar surface area (TPSA) is 102 Å². The number of esters is 2. The summed E-state index contributed by atoms with van der Waals surface area (Å²) in [7, 11) is 0. The molecular weight excluding hydrogens is 386 g/mol. The molecule has 1 fully saturated rings. The minimum absolute atomic E-state index is 0.0759. The van der Waals surface area contributed by atoms with E-state index < -0.39 is 35.3 Å². The molecule has 0 aliphatic carbocycles. The van der Waals surface area contributed by atoms with Gasteiger partial charge in [0, 0.05) is 19.9 Å². The number of rotatable bonds is 6. The summed E-state index contributed by atoms with van der Waals surface area (Å²) < 4.78 is 10.4. The normalized spacial score (nSPS) is 18.1. The van der Waals surface area contributed by atoms with E-state index in [4.69, 9.17) is 9.47 Å². The molecule has 1 saturated heterocycles. The van der Waals surface area contributed by atoms with Crippen molar-refractivity contribution in [3.05, 3.63) is 60.2 Å². The van der Waals surface area contributed by atoms with E-state index in [0.29, 0.717) is 6.42 Å². The maximum absolute atomic E-state index is 12.5. The van der Waals surface area contributed by atoms with E-state index in [1.807, 2.05) is 54.6 Å². The molecule has 0 spiro atoms. The molecule has 1 aliphatic rings. The van der Waals surface area contributed by atoms with E-state index in [9.17, 15) is 19.5 Å². The first-order chi connectivity index (χ1) is 14.1. The van der Waals surface area contributed by atoms with E-state index in [1.165, 1.54) is 20.8 Å². The smallest absolute Gasteiger partial charge is 0.404 e. The van der Waals surface area contributed by atoms with Crippen molar-refractivity contribution in [1.82, 2.24) is 5.32 Å². The summed E-state index contributed by atoms with van der Waals surface area (Å²) in [5, 5.41) is 11.6. The van der Waals surface area contributed by atoms with Crippen molar-refractivity contribution >= 4 is 18.0 Å². The lowest BCUT2D eigenvalue weighted by Crippen LogP contribution is -2.55. The van der Waals surface area contributed by atoms with E-state index in [0.717, 1.165) is 16.7 Å². The molecule has 1 heterocycles. The van der Waals surface area contributed by atoms with Crippen LogP contribution >= 0.6 is 0 Å². The highest BCUT2D eigenvalue weighted by atomic mass is 16.7. The Balaban J connectivity index is 1.77. The molecule has 2 aromatic carbocycles. The maximum Gasteiger partial charge on any atom is 0.404 e. The molecule has 7 nitrogen and oxygen atoms in total. The monoisotopic (exact) mass is 411 g/mol. The van der Waals surface area contributed by atoms with Crippen LogP contribution in [0.1, 0.15) is 32.8 Å². The Kier molecular flexibility index (Phi) is 5.82. The minimum Gasteiger partial charge on any atom is -0.465 e. The van der Waals surface area contributed by atoms with Crippen LogP contribution in [0.2, 0.25) is 0 Å². The summed E-state index contributed by atoms with van der Waals surface area (Å²) in [6.07, 6.45) is -1.00. The first kappa shape index (κ1) is 21.4. The molecule has 1 amide bonds. The van der Waals surface area contributed by atoms with E-state index in [-0.39, 0.29) is 6.42 Å². The van der Waals surface area contributed by atoms with Gasteiger partial charge in [0.15, 0.2) is 5.41 Å². The van der Waals surface area contributed by atoms with Crippen LogP contribution in [0.5, 0.6) is 0 Å². The second-order valence-electron chi connectivity index (χ2n) is 8.13. The number of benzene rings is 2.